The van der Waals surface area contributed by atoms with Crippen molar-refractivity contribution < 1.29 is 21.9 Å². The molecule has 0 bridgehead atoms. The first kappa shape index (κ1) is 15.6. The average Bonchev–Trinajstić information content (AvgIpc) is 2.67. The predicted octanol–water partition coefficient (Wildman–Crippen LogP) is 1.91. The molecule has 0 unspecified atom stereocenters. The Morgan fingerprint density at radius 1 is 1.33 bits per heavy atom. The fourth-order valence-corrected chi connectivity index (χ4v) is 2.55. The zero-order chi connectivity index (χ0) is 15.8. The van der Waals surface area contributed by atoms with Gasteiger partial charge in [-0.25, -0.2) is 17.2 Å². The molecule has 1 aromatic heterocycles. The summed E-state index contributed by atoms with van der Waals surface area (Å²) in [6.07, 6.45) is 0. The lowest BCUT2D eigenvalue weighted by molar-refractivity contribution is 0.267. The van der Waals surface area contributed by atoms with E-state index in [0.717, 1.165) is 0 Å². The lowest BCUT2D eigenvalue weighted by Crippen LogP contribution is -2.08. The maximum Gasteiger partial charge on any atom is 0.265 e. The SMILES string of the molecule is Cc1nnc(COc2c(F)cc(F)cc2S(=O)(=O)Cl)n1C. The van der Waals surface area contributed by atoms with E-state index in [9.17, 15) is 17.2 Å². The predicted molar refractivity (Wildman–Crippen MR) is 69.5 cm³/mol. The van der Waals surface area contributed by atoms with E-state index < -0.39 is 31.3 Å². The molecule has 0 saturated carbocycles. The second-order valence-electron chi connectivity index (χ2n) is 4.16. The molecule has 6 nitrogen and oxygen atoms in total. The fraction of sp³-hybridized carbons (Fsp3) is 0.273. The lowest BCUT2D eigenvalue weighted by atomic mass is 10.3. The highest BCUT2D eigenvalue weighted by Gasteiger charge is 2.23. The molecule has 0 N–H and O–H groups in total. The third-order valence-corrected chi connectivity index (χ3v) is 4.09. The minimum Gasteiger partial charge on any atom is -0.481 e. The summed E-state index contributed by atoms with van der Waals surface area (Å²) in [5.74, 6) is -1.97. The van der Waals surface area contributed by atoms with E-state index in [4.69, 9.17) is 15.4 Å². The number of halogens is 3. The molecule has 0 aliphatic carbocycles. The van der Waals surface area contributed by atoms with Crippen LogP contribution in [0.5, 0.6) is 5.75 Å². The summed E-state index contributed by atoms with van der Waals surface area (Å²) in [6, 6.07) is 1.09. The van der Waals surface area contributed by atoms with Crippen LogP contribution in [0.2, 0.25) is 0 Å². The Morgan fingerprint density at radius 2 is 2.00 bits per heavy atom. The van der Waals surface area contributed by atoms with E-state index in [1.54, 1.807) is 18.5 Å². The van der Waals surface area contributed by atoms with Crippen LogP contribution in [0.1, 0.15) is 11.6 Å². The molecule has 0 aliphatic heterocycles. The number of hydrogen-bond donors (Lipinski definition) is 0. The Balaban J connectivity index is 2.38. The summed E-state index contributed by atoms with van der Waals surface area (Å²) in [5, 5.41) is 7.55. The van der Waals surface area contributed by atoms with Crippen LogP contribution in [-0.2, 0) is 22.7 Å². The smallest absolute Gasteiger partial charge is 0.265 e. The van der Waals surface area contributed by atoms with Gasteiger partial charge in [-0.15, -0.1) is 10.2 Å². The molecule has 1 aromatic carbocycles. The van der Waals surface area contributed by atoms with Crippen molar-refractivity contribution in [3.63, 3.8) is 0 Å². The van der Waals surface area contributed by atoms with Crippen molar-refractivity contribution >= 4 is 19.7 Å². The van der Waals surface area contributed by atoms with Crippen LogP contribution in [0, 0.1) is 18.6 Å². The van der Waals surface area contributed by atoms with Gasteiger partial charge in [0.05, 0.1) is 0 Å². The van der Waals surface area contributed by atoms with Crippen molar-refractivity contribution in [1.29, 1.82) is 0 Å². The van der Waals surface area contributed by atoms with Crippen molar-refractivity contribution in [2.45, 2.75) is 18.4 Å². The molecule has 21 heavy (non-hydrogen) atoms. The van der Waals surface area contributed by atoms with E-state index >= 15 is 0 Å². The van der Waals surface area contributed by atoms with Gasteiger partial charge < -0.3 is 9.30 Å². The van der Waals surface area contributed by atoms with Gasteiger partial charge in [-0.1, -0.05) is 0 Å². The van der Waals surface area contributed by atoms with Crippen LogP contribution < -0.4 is 4.74 Å². The molecule has 0 saturated heterocycles. The lowest BCUT2D eigenvalue weighted by Gasteiger charge is -2.10. The summed E-state index contributed by atoms with van der Waals surface area (Å²) in [6.45, 7) is 1.45. The molecule has 0 amide bonds. The quantitative estimate of drug-likeness (QED) is 0.797. The number of benzene rings is 1. The Hall–Kier alpha value is -1.74. The van der Waals surface area contributed by atoms with Crippen molar-refractivity contribution in [3.8, 4) is 5.75 Å². The maximum absolute atomic E-state index is 13.7. The van der Waals surface area contributed by atoms with Gasteiger partial charge in [-0.05, 0) is 13.0 Å². The van der Waals surface area contributed by atoms with Gasteiger partial charge in [0.2, 0.25) is 0 Å². The van der Waals surface area contributed by atoms with Crippen LogP contribution in [0.15, 0.2) is 17.0 Å². The van der Waals surface area contributed by atoms with Crippen molar-refractivity contribution in [1.82, 2.24) is 14.8 Å². The van der Waals surface area contributed by atoms with Gasteiger partial charge in [-0.3, -0.25) is 0 Å². The summed E-state index contributed by atoms with van der Waals surface area (Å²) in [7, 11) is 2.45. The Labute approximate surface area is 123 Å². The zero-order valence-corrected chi connectivity index (χ0v) is 12.5. The van der Waals surface area contributed by atoms with Crippen LogP contribution >= 0.6 is 10.7 Å². The first-order valence-corrected chi connectivity index (χ1v) is 7.92. The van der Waals surface area contributed by atoms with E-state index in [-0.39, 0.29) is 6.61 Å². The molecule has 2 aromatic rings. The topological polar surface area (TPSA) is 74.1 Å². The molecule has 1 heterocycles. The zero-order valence-electron chi connectivity index (χ0n) is 11.0. The standard InChI is InChI=1S/C11H10ClF2N3O3S/c1-6-15-16-10(17(6)2)5-20-11-8(14)3-7(13)4-9(11)21(12,18)19/h3-4H,5H2,1-2H3. The van der Waals surface area contributed by atoms with Crippen LogP contribution in [0.4, 0.5) is 8.78 Å². The Kier molecular flexibility index (Phi) is 4.15. The average molecular weight is 338 g/mol. The molecule has 0 spiro atoms. The number of rotatable bonds is 4. The molecule has 0 atom stereocenters. The number of ether oxygens (including phenoxy) is 1. The molecule has 10 heteroatoms. The third-order valence-electron chi connectivity index (χ3n) is 2.77. The summed E-state index contributed by atoms with van der Waals surface area (Å²) >= 11 is 0. The van der Waals surface area contributed by atoms with Gasteiger partial charge in [-0.2, -0.15) is 0 Å². The van der Waals surface area contributed by atoms with E-state index in [2.05, 4.69) is 10.2 Å². The highest BCUT2D eigenvalue weighted by Crippen LogP contribution is 2.31. The first-order chi connectivity index (χ1) is 9.70. The molecule has 0 aliphatic rings. The second kappa shape index (κ2) is 5.57. The minimum atomic E-state index is -4.36. The van der Waals surface area contributed by atoms with Gasteiger partial charge in [0.1, 0.15) is 23.1 Å². The molecular weight excluding hydrogens is 328 g/mol. The number of nitrogens with zero attached hydrogens (tertiary/aromatic N) is 3. The Bertz CT molecular complexity index is 792. The second-order valence-corrected chi connectivity index (χ2v) is 6.70. The fourth-order valence-electron chi connectivity index (χ4n) is 1.57. The first-order valence-electron chi connectivity index (χ1n) is 5.61. The molecule has 0 radical (unpaired) electrons. The van der Waals surface area contributed by atoms with Gasteiger partial charge in [0.15, 0.2) is 17.4 Å². The molecular formula is C11H10ClF2N3O3S. The molecule has 114 valence electrons. The van der Waals surface area contributed by atoms with E-state index in [1.165, 1.54) is 0 Å². The van der Waals surface area contributed by atoms with Crippen LogP contribution in [0.3, 0.4) is 0 Å². The van der Waals surface area contributed by atoms with E-state index in [0.29, 0.717) is 23.8 Å². The van der Waals surface area contributed by atoms with E-state index in [1.807, 2.05) is 0 Å². The van der Waals surface area contributed by atoms with Gasteiger partial charge >= 0.3 is 0 Å². The van der Waals surface area contributed by atoms with Crippen molar-refractivity contribution in [3.05, 3.63) is 35.4 Å². The van der Waals surface area contributed by atoms with Gasteiger partial charge in [0, 0.05) is 23.8 Å². The minimum absolute atomic E-state index is 0.251. The van der Waals surface area contributed by atoms with Crippen LogP contribution in [-0.4, -0.2) is 23.2 Å². The third kappa shape index (κ3) is 3.30. The highest BCUT2D eigenvalue weighted by atomic mass is 35.7. The Morgan fingerprint density at radius 3 is 2.52 bits per heavy atom. The van der Waals surface area contributed by atoms with Gasteiger partial charge in [0.25, 0.3) is 9.05 Å². The number of hydrogen-bond acceptors (Lipinski definition) is 5. The normalized spacial score (nSPS) is 11.7. The van der Waals surface area contributed by atoms with Crippen LogP contribution in [0.25, 0.3) is 0 Å². The highest BCUT2D eigenvalue weighted by molar-refractivity contribution is 8.13. The molecule has 0 fully saturated rings. The van der Waals surface area contributed by atoms with Crippen molar-refractivity contribution in [2.24, 2.45) is 7.05 Å². The summed E-state index contributed by atoms with van der Waals surface area (Å²) in [5.41, 5.74) is 0. The summed E-state index contributed by atoms with van der Waals surface area (Å²) in [4.78, 5) is -0.777. The number of aromatic nitrogens is 3. The molecule has 2 rings (SSSR count). The monoisotopic (exact) mass is 337 g/mol. The largest absolute Gasteiger partial charge is 0.481 e. The summed E-state index contributed by atoms with van der Waals surface area (Å²) < 4.78 is 56.2. The van der Waals surface area contributed by atoms with Crippen molar-refractivity contribution in [2.75, 3.05) is 0 Å². The maximum atomic E-state index is 13.7. The number of aryl methyl sites for hydroxylation is 1.